The van der Waals surface area contributed by atoms with E-state index in [0.29, 0.717) is 36.7 Å². The van der Waals surface area contributed by atoms with Gasteiger partial charge in [0.2, 0.25) is 0 Å². The van der Waals surface area contributed by atoms with Crippen molar-refractivity contribution < 1.29 is 14.6 Å². The Balaban J connectivity index is 2.84. The van der Waals surface area contributed by atoms with Crippen molar-refractivity contribution >= 4 is 34.7 Å². The zero-order chi connectivity index (χ0) is 15.1. The van der Waals surface area contributed by atoms with Crippen LogP contribution in [0.15, 0.2) is 18.2 Å². The molecule has 7 heteroatoms. The van der Waals surface area contributed by atoms with Gasteiger partial charge in [-0.1, -0.05) is 23.8 Å². The molecule has 0 unspecified atom stereocenters. The van der Waals surface area contributed by atoms with Crippen molar-refractivity contribution in [3.63, 3.8) is 0 Å². The number of thiocarbonyl (C=S) groups is 1. The Hall–Kier alpha value is -1.37. The van der Waals surface area contributed by atoms with Crippen LogP contribution in [0.2, 0.25) is 5.02 Å². The van der Waals surface area contributed by atoms with Gasteiger partial charge in [0.05, 0.1) is 16.6 Å². The Kier molecular flexibility index (Phi) is 6.70. The molecule has 5 nitrogen and oxygen atoms in total. The van der Waals surface area contributed by atoms with E-state index < -0.39 is 0 Å². The molecule has 0 aromatic heterocycles. The molecule has 1 aromatic rings. The van der Waals surface area contributed by atoms with Gasteiger partial charge in [0.25, 0.3) is 5.91 Å². The number of rotatable bonds is 7. The summed E-state index contributed by atoms with van der Waals surface area (Å²) in [7, 11) is 1.56. The lowest BCUT2D eigenvalue weighted by molar-refractivity contribution is 0.0701. The van der Waals surface area contributed by atoms with E-state index >= 15 is 0 Å². The summed E-state index contributed by atoms with van der Waals surface area (Å²) in [6.07, 6.45) is 0.441. The van der Waals surface area contributed by atoms with E-state index in [-0.39, 0.29) is 16.7 Å². The van der Waals surface area contributed by atoms with E-state index in [1.54, 1.807) is 12.0 Å². The van der Waals surface area contributed by atoms with Crippen molar-refractivity contribution in [1.29, 1.82) is 0 Å². The Morgan fingerprint density at radius 2 is 2.20 bits per heavy atom. The Bertz CT molecular complexity index is 497. The molecule has 3 N–H and O–H groups in total. The van der Waals surface area contributed by atoms with Crippen molar-refractivity contribution in [1.82, 2.24) is 4.90 Å². The van der Waals surface area contributed by atoms with Gasteiger partial charge in [-0.3, -0.25) is 4.79 Å². The molecule has 0 saturated heterocycles. The summed E-state index contributed by atoms with van der Waals surface area (Å²) >= 11 is 10.6. The molecule has 0 radical (unpaired) electrons. The molecule has 0 bridgehead atoms. The molecular weight excluding hydrogens is 300 g/mol. The number of carbonyl (C=O) groups is 1. The molecule has 0 aliphatic carbocycles. The van der Waals surface area contributed by atoms with Gasteiger partial charge in [0.1, 0.15) is 5.75 Å². The van der Waals surface area contributed by atoms with Gasteiger partial charge in [-0.25, -0.2) is 0 Å². The second-order valence-electron chi connectivity index (χ2n) is 4.17. The van der Waals surface area contributed by atoms with Crippen molar-refractivity contribution in [2.45, 2.75) is 6.42 Å². The van der Waals surface area contributed by atoms with Crippen LogP contribution in [0.3, 0.4) is 0 Å². The van der Waals surface area contributed by atoms with Crippen molar-refractivity contribution in [3.05, 3.63) is 28.8 Å². The van der Waals surface area contributed by atoms with Crippen LogP contribution >= 0.6 is 23.8 Å². The van der Waals surface area contributed by atoms with Gasteiger partial charge in [0.15, 0.2) is 0 Å². The van der Waals surface area contributed by atoms with E-state index in [9.17, 15) is 9.90 Å². The first-order valence-electron chi connectivity index (χ1n) is 6.00. The van der Waals surface area contributed by atoms with Crippen LogP contribution in [-0.2, 0) is 4.74 Å². The Morgan fingerprint density at radius 3 is 2.75 bits per heavy atom. The molecule has 1 rings (SSSR count). The number of methoxy groups -OCH3 is 1. The third kappa shape index (κ3) is 4.96. The number of benzene rings is 1. The first-order valence-corrected chi connectivity index (χ1v) is 6.79. The largest absolute Gasteiger partial charge is 0.506 e. The molecule has 0 aliphatic heterocycles. The van der Waals surface area contributed by atoms with Crippen LogP contribution in [0, 0.1) is 0 Å². The molecular formula is C13H17ClN2O3S. The fourth-order valence-electron chi connectivity index (χ4n) is 1.58. The first kappa shape index (κ1) is 16.7. The average molecular weight is 317 g/mol. The SMILES string of the molecule is COCCN(CCC(N)=S)C(=O)c1ccc(O)c(Cl)c1. The zero-order valence-corrected chi connectivity index (χ0v) is 12.7. The predicted molar refractivity (Wildman–Crippen MR) is 82.3 cm³/mol. The van der Waals surface area contributed by atoms with Gasteiger partial charge < -0.3 is 20.5 Å². The summed E-state index contributed by atoms with van der Waals surface area (Å²) in [5.74, 6) is -0.269. The minimum absolute atomic E-state index is 0.0604. The van der Waals surface area contributed by atoms with Gasteiger partial charge in [0, 0.05) is 32.2 Å². The minimum Gasteiger partial charge on any atom is -0.506 e. The van der Waals surface area contributed by atoms with Gasteiger partial charge >= 0.3 is 0 Å². The standard InChI is InChI=1S/C13H17ClN2O3S/c1-19-7-6-16(5-4-12(15)20)13(18)9-2-3-11(17)10(14)8-9/h2-3,8,17H,4-7H2,1H3,(H2,15,20). The summed E-state index contributed by atoms with van der Waals surface area (Å²) in [6, 6.07) is 4.33. The van der Waals surface area contributed by atoms with Crippen LogP contribution in [0.1, 0.15) is 16.8 Å². The molecule has 0 saturated carbocycles. The summed E-state index contributed by atoms with van der Waals surface area (Å²) in [5.41, 5.74) is 5.86. The van der Waals surface area contributed by atoms with Crippen LogP contribution in [0.25, 0.3) is 0 Å². The Labute approximate surface area is 128 Å². The molecule has 110 valence electrons. The zero-order valence-electron chi connectivity index (χ0n) is 11.1. The molecule has 1 amide bonds. The lowest BCUT2D eigenvalue weighted by atomic mass is 10.2. The van der Waals surface area contributed by atoms with Gasteiger partial charge in [-0.15, -0.1) is 0 Å². The highest BCUT2D eigenvalue weighted by atomic mass is 35.5. The van der Waals surface area contributed by atoms with Gasteiger partial charge in [-0.2, -0.15) is 0 Å². The smallest absolute Gasteiger partial charge is 0.253 e. The molecule has 0 aliphatic rings. The summed E-state index contributed by atoms with van der Waals surface area (Å²) in [4.78, 5) is 14.3. The molecule has 1 aromatic carbocycles. The predicted octanol–water partition coefficient (Wildman–Crippen LogP) is 1.81. The maximum absolute atomic E-state index is 12.4. The second kappa shape index (κ2) is 8.04. The number of nitrogens with zero attached hydrogens (tertiary/aromatic N) is 1. The minimum atomic E-state index is -0.208. The fraction of sp³-hybridized carbons (Fsp3) is 0.385. The average Bonchev–Trinajstić information content (AvgIpc) is 2.41. The number of nitrogens with two attached hydrogens (primary N) is 1. The topological polar surface area (TPSA) is 75.8 Å². The molecule has 0 fully saturated rings. The number of ether oxygens (including phenoxy) is 1. The van der Waals surface area contributed by atoms with Crippen molar-refractivity contribution in [2.24, 2.45) is 5.73 Å². The number of aromatic hydroxyl groups is 1. The quantitative estimate of drug-likeness (QED) is 0.750. The lowest BCUT2D eigenvalue weighted by Crippen LogP contribution is -2.36. The number of carbonyl (C=O) groups excluding carboxylic acids is 1. The van der Waals surface area contributed by atoms with Crippen LogP contribution in [-0.4, -0.2) is 47.7 Å². The van der Waals surface area contributed by atoms with E-state index in [0.717, 1.165) is 0 Å². The highest BCUT2D eigenvalue weighted by molar-refractivity contribution is 7.80. The van der Waals surface area contributed by atoms with E-state index in [1.165, 1.54) is 18.2 Å². The third-order valence-electron chi connectivity index (χ3n) is 2.68. The maximum Gasteiger partial charge on any atom is 0.253 e. The monoisotopic (exact) mass is 316 g/mol. The lowest BCUT2D eigenvalue weighted by Gasteiger charge is -2.22. The van der Waals surface area contributed by atoms with Crippen LogP contribution in [0.5, 0.6) is 5.75 Å². The molecule has 0 spiro atoms. The van der Waals surface area contributed by atoms with E-state index in [1.807, 2.05) is 0 Å². The van der Waals surface area contributed by atoms with Crippen molar-refractivity contribution in [2.75, 3.05) is 26.8 Å². The number of phenolic OH excluding ortho intramolecular Hbond substituents is 1. The summed E-state index contributed by atoms with van der Waals surface area (Å²) in [5, 5.41) is 9.51. The summed E-state index contributed by atoms with van der Waals surface area (Å²) in [6.45, 7) is 1.25. The second-order valence-corrected chi connectivity index (χ2v) is 5.10. The number of phenols is 1. The number of hydrogen-bond acceptors (Lipinski definition) is 4. The summed E-state index contributed by atoms with van der Waals surface area (Å²) < 4.78 is 4.98. The van der Waals surface area contributed by atoms with Gasteiger partial charge in [-0.05, 0) is 18.2 Å². The number of halogens is 1. The van der Waals surface area contributed by atoms with Crippen molar-refractivity contribution in [3.8, 4) is 5.75 Å². The highest BCUT2D eigenvalue weighted by Gasteiger charge is 2.16. The van der Waals surface area contributed by atoms with Crippen LogP contribution in [0.4, 0.5) is 0 Å². The molecule has 0 atom stereocenters. The fourth-order valence-corrected chi connectivity index (χ4v) is 1.86. The number of amides is 1. The van der Waals surface area contributed by atoms with Crippen LogP contribution < -0.4 is 5.73 Å². The molecule has 20 heavy (non-hydrogen) atoms. The van der Waals surface area contributed by atoms with E-state index in [4.69, 9.17) is 34.3 Å². The first-order chi connectivity index (χ1) is 9.45. The highest BCUT2D eigenvalue weighted by Crippen LogP contribution is 2.24. The molecule has 0 heterocycles. The maximum atomic E-state index is 12.4. The normalized spacial score (nSPS) is 10.3. The third-order valence-corrected chi connectivity index (χ3v) is 3.18. The Morgan fingerprint density at radius 1 is 1.50 bits per heavy atom. The number of hydrogen-bond donors (Lipinski definition) is 2. The van der Waals surface area contributed by atoms with E-state index in [2.05, 4.69) is 0 Å².